The van der Waals surface area contributed by atoms with Gasteiger partial charge in [-0.2, -0.15) is 0 Å². The molecular formula is C23H16N2O. The van der Waals surface area contributed by atoms with Crippen LogP contribution in [-0.4, -0.2) is 9.97 Å². The molecule has 0 fully saturated rings. The van der Waals surface area contributed by atoms with E-state index in [1.54, 1.807) is 0 Å². The number of benzene rings is 2. The van der Waals surface area contributed by atoms with Gasteiger partial charge in [-0.1, -0.05) is 26.0 Å². The lowest BCUT2D eigenvalue weighted by molar-refractivity contribution is 0.657. The fourth-order valence-corrected chi connectivity index (χ4v) is 4.60. The first-order valence-electron chi connectivity index (χ1n) is 8.84. The van der Waals surface area contributed by atoms with Crippen LogP contribution < -0.4 is 0 Å². The van der Waals surface area contributed by atoms with Crippen molar-refractivity contribution >= 4 is 32.7 Å². The third-order valence-corrected chi connectivity index (χ3v) is 5.78. The van der Waals surface area contributed by atoms with Crippen LogP contribution in [0.2, 0.25) is 0 Å². The number of hydrogen-bond donors (Lipinski definition) is 0. The lowest BCUT2D eigenvalue weighted by Crippen LogP contribution is -2.15. The molecule has 0 aliphatic heterocycles. The molecule has 0 N–H and O–H groups in total. The average molecular weight is 336 g/mol. The van der Waals surface area contributed by atoms with Crippen LogP contribution in [0.25, 0.3) is 44.0 Å². The van der Waals surface area contributed by atoms with Crippen LogP contribution in [0.1, 0.15) is 25.0 Å². The number of rotatable bonds is 0. The number of aromatic nitrogens is 2. The van der Waals surface area contributed by atoms with Crippen LogP contribution in [0.4, 0.5) is 0 Å². The van der Waals surface area contributed by atoms with E-state index in [1.807, 2.05) is 30.7 Å². The van der Waals surface area contributed by atoms with E-state index in [0.717, 1.165) is 33.0 Å². The van der Waals surface area contributed by atoms with Crippen molar-refractivity contribution in [2.24, 2.45) is 0 Å². The molecule has 0 amide bonds. The van der Waals surface area contributed by atoms with E-state index in [4.69, 9.17) is 4.42 Å². The highest BCUT2D eigenvalue weighted by molar-refractivity contribution is 6.17. The highest BCUT2D eigenvalue weighted by Crippen LogP contribution is 2.52. The number of fused-ring (bicyclic) bond motifs is 9. The van der Waals surface area contributed by atoms with Crippen molar-refractivity contribution in [2.45, 2.75) is 19.3 Å². The Bertz CT molecular complexity index is 1360. The Morgan fingerprint density at radius 1 is 0.923 bits per heavy atom. The highest BCUT2D eigenvalue weighted by Gasteiger charge is 2.38. The predicted molar refractivity (Wildman–Crippen MR) is 104 cm³/mol. The Morgan fingerprint density at radius 2 is 1.85 bits per heavy atom. The molecule has 1 aliphatic rings. The maximum Gasteiger partial charge on any atom is 0.143 e. The van der Waals surface area contributed by atoms with Crippen molar-refractivity contribution < 1.29 is 4.42 Å². The summed E-state index contributed by atoms with van der Waals surface area (Å²) in [5, 5.41) is 4.57. The van der Waals surface area contributed by atoms with Gasteiger partial charge in [0.2, 0.25) is 0 Å². The van der Waals surface area contributed by atoms with Crippen LogP contribution >= 0.6 is 0 Å². The van der Waals surface area contributed by atoms with Gasteiger partial charge in [-0.25, -0.2) is 0 Å². The summed E-state index contributed by atoms with van der Waals surface area (Å²) in [5.41, 5.74) is 6.67. The zero-order chi connectivity index (χ0) is 17.5. The molecule has 0 atom stereocenters. The van der Waals surface area contributed by atoms with Gasteiger partial charge in [-0.05, 0) is 41.5 Å². The number of hydrogen-bond acceptors (Lipinski definition) is 3. The first-order chi connectivity index (χ1) is 12.7. The lowest BCUT2D eigenvalue weighted by atomic mass is 9.80. The van der Waals surface area contributed by atoms with Gasteiger partial charge in [-0.3, -0.25) is 9.97 Å². The van der Waals surface area contributed by atoms with Gasteiger partial charge in [0.1, 0.15) is 11.2 Å². The Hall–Kier alpha value is -3.20. The SMILES string of the molecule is CC1(C)c2cccnc2-c2ccc3oc4c5ccncc5ccc4c3c21. The minimum Gasteiger partial charge on any atom is -0.455 e. The molecule has 0 saturated heterocycles. The van der Waals surface area contributed by atoms with E-state index in [9.17, 15) is 0 Å². The molecule has 3 nitrogen and oxygen atoms in total. The molecule has 0 unspecified atom stereocenters. The standard InChI is InChI=1S/C23H16N2O/c1-23(2)17-4-3-10-25-21(17)16-7-8-18-19(20(16)23)15-6-5-13-12-24-11-9-14(13)22(15)26-18/h3-12H,1-2H3. The molecule has 1 aliphatic carbocycles. The van der Waals surface area contributed by atoms with Crippen molar-refractivity contribution in [1.82, 2.24) is 9.97 Å². The topological polar surface area (TPSA) is 38.9 Å². The summed E-state index contributed by atoms with van der Waals surface area (Å²) in [6.07, 6.45) is 5.58. The first kappa shape index (κ1) is 14.0. The van der Waals surface area contributed by atoms with E-state index in [-0.39, 0.29) is 5.41 Å². The molecular weight excluding hydrogens is 320 g/mol. The number of nitrogens with zero attached hydrogens (tertiary/aromatic N) is 2. The fraction of sp³-hybridized carbons (Fsp3) is 0.130. The Kier molecular flexibility index (Phi) is 2.42. The lowest BCUT2D eigenvalue weighted by Gasteiger charge is -2.21. The van der Waals surface area contributed by atoms with E-state index in [0.29, 0.717) is 0 Å². The maximum absolute atomic E-state index is 6.33. The Morgan fingerprint density at radius 3 is 2.77 bits per heavy atom. The summed E-state index contributed by atoms with van der Waals surface area (Å²) in [6, 6.07) is 14.8. The van der Waals surface area contributed by atoms with Crippen LogP contribution in [0.3, 0.4) is 0 Å². The van der Waals surface area contributed by atoms with Gasteiger partial charge in [0, 0.05) is 51.1 Å². The van der Waals surface area contributed by atoms with Crippen molar-refractivity contribution in [3.05, 3.63) is 72.2 Å². The van der Waals surface area contributed by atoms with Crippen LogP contribution in [-0.2, 0) is 5.41 Å². The van der Waals surface area contributed by atoms with Gasteiger partial charge in [-0.15, -0.1) is 0 Å². The fourth-order valence-electron chi connectivity index (χ4n) is 4.60. The summed E-state index contributed by atoms with van der Waals surface area (Å²) in [4.78, 5) is 8.91. The maximum atomic E-state index is 6.33. The Labute approximate surface area is 150 Å². The molecule has 3 heteroatoms. The summed E-state index contributed by atoms with van der Waals surface area (Å²) >= 11 is 0. The van der Waals surface area contributed by atoms with E-state index in [1.165, 1.54) is 22.1 Å². The van der Waals surface area contributed by atoms with E-state index < -0.39 is 0 Å². The van der Waals surface area contributed by atoms with Gasteiger partial charge in [0.15, 0.2) is 0 Å². The molecule has 0 radical (unpaired) electrons. The normalized spacial score (nSPS) is 14.8. The van der Waals surface area contributed by atoms with Crippen molar-refractivity contribution in [1.29, 1.82) is 0 Å². The van der Waals surface area contributed by atoms with Crippen molar-refractivity contribution in [2.75, 3.05) is 0 Å². The first-order valence-corrected chi connectivity index (χ1v) is 8.84. The third-order valence-electron chi connectivity index (χ3n) is 5.78. The second-order valence-electron chi connectivity index (χ2n) is 7.53. The van der Waals surface area contributed by atoms with E-state index >= 15 is 0 Å². The quantitative estimate of drug-likeness (QED) is 0.357. The van der Waals surface area contributed by atoms with Crippen molar-refractivity contribution in [3.8, 4) is 11.3 Å². The van der Waals surface area contributed by atoms with Crippen LogP contribution in [0.15, 0.2) is 65.5 Å². The van der Waals surface area contributed by atoms with Crippen LogP contribution in [0, 0.1) is 0 Å². The van der Waals surface area contributed by atoms with Gasteiger partial charge < -0.3 is 4.42 Å². The minimum absolute atomic E-state index is 0.109. The second kappa shape index (κ2) is 4.50. The molecule has 0 bridgehead atoms. The molecule has 3 aromatic heterocycles. The molecule has 26 heavy (non-hydrogen) atoms. The molecule has 5 aromatic rings. The van der Waals surface area contributed by atoms with Gasteiger partial charge in [0.25, 0.3) is 0 Å². The zero-order valence-corrected chi connectivity index (χ0v) is 14.6. The smallest absolute Gasteiger partial charge is 0.143 e. The van der Waals surface area contributed by atoms with E-state index in [2.05, 4.69) is 54.1 Å². The van der Waals surface area contributed by atoms with Gasteiger partial charge in [0.05, 0.1) is 5.69 Å². The molecule has 0 saturated carbocycles. The molecule has 2 aromatic carbocycles. The largest absolute Gasteiger partial charge is 0.455 e. The monoisotopic (exact) mass is 336 g/mol. The zero-order valence-electron chi connectivity index (χ0n) is 14.6. The van der Waals surface area contributed by atoms with Crippen LogP contribution in [0.5, 0.6) is 0 Å². The Balaban J connectivity index is 1.84. The average Bonchev–Trinajstić information content (AvgIpc) is 3.16. The highest BCUT2D eigenvalue weighted by atomic mass is 16.3. The molecule has 124 valence electrons. The summed E-state index contributed by atoms with van der Waals surface area (Å²) in [6.45, 7) is 4.56. The van der Waals surface area contributed by atoms with Gasteiger partial charge >= 0.3 is 0 Å². The second-order valence-corrected chi connectivity index (χ2v) is 7.53. The summed E-state index contributed by atoms with van der Waals surface area (Å²) in [5.74, 6) is 0. The number of pyridine rings is 2. The molecule has 0 spiro atoms. The van der Waals surface area contributed by atoms with Crippen molar-refractivity contribution in [3.63, 3.8) is 0 Å². The molecule has 6 rings (SSSR count). The predicted octanol–water partition coefficient (Wildman–Crippen LogP) is 5.84. The summed E-state index contributed by atoms with van der Waals surface area (Å²) < 4.78 is 6.33. The third kappa shape index (κ3) is 1.54. The minimum atomic E-state index is -0.109. The summed E-state index contributed by atoms with van der Waals surface area (Å²) in [7, 11) is 0. The number of furan rings is 1. The molecule has 3 heterocycles.